The number of halogens is 1. The molecular formula is C16H12ClNO2S. The fraction of sp³-hybridized carbons (Fsp3) is 0.0625. The van der Waals surface area contributed by atoms with Crippen LogP contribution >= 0.6 is 22.9 Å². The topological polar surface area (TPSA) is 52.3 Å². The molecule has 0 spiro atoms. The first-order chi connectivity index (χ1) is 10.1. The molecule has 1 heterocycles. The number of hydrogen-bond acceptors (Lipinski definition) is 3. The highest BCUT2D eigenvalue weighted by molar-refractivity contribution is 7.17. The first-order valence-corrected chi connectivity index (χ1v) is 7.57. The van der Waals surface area contributed by atoms with Crippen molar-refractivity contribution in [2.45, 2.75) is 6.61 Å². The molecule has 1 aromatic heterocycles. The molecule has 0 aliphatic heterocycles. The van der Waals surface area contributed by atoms with E-state index in [1.807, 2.05) is 18.2 Å². The monoisotopic (exact) mass is 317 g/mol. The number of carbonyl (C=O) groups is 1. The number of primary amides is 1. The molecule has 0 aliphatic rings. The summed E-state index contributed by atoms with van der Waals surface area (Å²) >= 11 is 7.69. The second kappa shape index (κ2) is 5.76. The maximum Gasteiger partial charge on any atom is 0.248 e. The smallest absolute Gasteiger partial charge is 0.248 e. The quantitative estimate of drug-likeness (QED) is 0.782. The maximum absolute atomic E-state index is 11.2. The first kappa shape index (κ1) is 13.9. The van der Waals surface area contributed by atoms with Gasteiger partial charge in [0.1, 0.15) is 12.4 Å². The fourth-order valence-electron chi connectivity index (χ4n) is 2.07. The minimum absolute atomic E-state index is 0.419. The number of rotatable bonds is 4. The zero-order valence-electron chi connectivity index (χ0n) is 11.0. The van der Waals surface area contributed by atoms with Crippen molar-refractivity contribution in [3.8, 4) is 5.75 Å². The van der Waals surface area contributed by atoms with Crippen LogP contribution in [0, 0.1) is 0 Å². The Kier molecular flexibility index (Phi) is 3.82. The van der Waals surface area contributed by atoms with Gasteiger partial charge in [0.2, 0.25) is 5.91 Å². The third-order valence-electron chi connectivity index (χ3n) is 3.13. The van der Waals surface area contributed by atoms with Crippen LogP contribution in [-0.4, -0.2) is 5.91 Å². The standard InChI is InChI=1S/C16H12ClNO2S/c17-12-4-5-15-14(7-12)11(9-21-15)8-20-13-3-1-2-10(6-13)16(18)19/h1-7,9H,8H2,(H2,18,19). The molecule has 3 nitrogen and oxygen atoms in total. The van der Waals surface area contributed by atoms with Gasteiger partial charge in [-0.05, 0) is 41.8 Å². The average molecular weight is 318 g/mol. The van der Waals surface area contributed by atoms with Crippen molar-refractivity contribution >= 4 is 38.9 Å². The first-order valence-electron chi connectivity index (χ1n) is 6.32. The lowest BCUT2D eigenvalue weighted by atomic mass is 10.2. The van der Waals surface area contributed by atoms with Gasteiger partial charge in [-0.3, -0.25) is 4.79 Å². The summed E-state index contributed by atoms with van der Waals surface area (Å²) < 4.78 is 6.92. The lowest BCUT2D eigenvalue weighted by Gasteiger charge is -2.06. The number of amides is 1. The van der Waals surface area contributed by atoms with Crippen LogP contribution < -0.4 is 10.5 Å². The van der Waals surface area contributed by atoms with Crippen LogP contribution in [0.2, 0.25) is 5.02 Å². The highest BCUT2D eigenvalue weighted by atomic mass is 35.5. The Morgan fingerprint density at radius 1 is 1.24 bits per heavy atom. The van der Waals surface area contributed by atoms with Gasteiger partial charge in [0, 0.05) is 26.2 Å². The second-order valence-electron chi connectivity index (χ2n) is 4.58. The van der Waals surface area contributed by atoms with E-state index in [0.717, 1.165) is 10.9 Å². The van der Waals surface area contributed by atoms with Gasteiger partial charge in [-0.15, -0.1) is 11.3 Å². The number of nitrogens with two attached hydrogens (primary N) is 1. The Labute approximate surface area is 130 Å². The van der Waals surface area contributed by atoms with Crippen molar-refractivity contribution in [1.82, 2.24) is 0 Å². The number of carbonyl (C=O) groups excluding carboxylic acids is 1. The van der Waals surface area contributed by atoms with E-state index in [0.29, 0.717) is 22.9 Å². The van der Waals surface area contributed by atoms with Crippen molar-refractivity contribution in [2.24, 2.45) is 5.73 Å². The van der Waals surface area contributed by atoms with Gasteiger partial charge in [-0.2, -0.15) is 0 Å². The van der Waals surface area contributed by atoms with Gasteiger partial charge in [0.05, 0.1) is 0 Å². The van der Waals surface area contributed by atoms with E-state index in [9.17, 15) is 4.79 Å². The summed E-state index contributed by atoms with van der Waals surface area (Å²) in [5.74, 6) is 0.154. The number of hydrogen-bond donors (Lipinski definition) is 1. The second-order valence-corrected chi connectivity index (χ2v) is 5.93. The normalized spacial score (nSPS) is 10.7. The van der Waals surface area contributed by atoms with Crippen LogP contribution in [0.1, 0.15) is 15.9 Å². The average Bonchev–Trinajstić information content (AvgIpc) is 2.87. The van der Waals surface area contributed by atoms with Gasteiger partial charge in [-0.25, -0.2) is 0 Å². The van der Waals surface area contributed by atoms with Gasteiger partial charge >= 0.3 is 0 Å². The molecule has 106 valence electrons. The molecule has 2 N–H and O–H groups in total. The Hall–Kier alpha value is -2.04. The van der Waals surface area contributed by atoms with Crippen molar-refractivity contribution in [1.29, 1.82) is 0 Å². The van der Waals surface area contributed by atoms with Crippen LogP contribution in [0.4, 0.5) is 0 Å². The predicted octanol–water partition coefficient (Wildman–Crippen LogP) is 4.23. The summed E-state index contributed by atoms with van der Waals surface area (Å²) in [4.78, 5) is 11.2. The minimum atomic E-state index is -0.465. The Bertz CT molecular complexity index is 813. The Morgan fingerprint density at radius 3 is 2.90 bits per heavy atom. The molecule has 3 rings (SSSR count). The van der Waals surface area contributed by atoms with E-state index in [4.69, 9.17) is 22.1 Å². The largest absolute Gasteiger partial charge is 0.489 e. The molecule has 0 unspecified atom stereocenters. The maximum atomic E-state index is 11.2. The van der Waals surface area contributed by atoms with E-state index >= 15 is 0 Å². The summed E-state index contributed by atoms with van der Waals surface area (Å²) in [5, 5.41) is 3.86. The van der Waals surface area contributed by atoms with Crippen molar-refractivity contribution in [3.63, 3.8) is 0 Å². The van der Waals surface area contributed by atoms with Gasteiger partial charge in [0.15, 0.2) is 0 Å². The van der Waals surface area contributed by atoms with E-state index in [1.54, 1.807) is 35.6 Å². The number of thiophene rings is 1. The SMILES string of the molecule is NC(=O)c1cccc(OCc2csc3ccc(Cl)cc23)c1. The molecule has 0 saturated carbocycles. The summed E-state index contributed by atoms with van der Waals surface area (Å²) in [6.07, 6.45) is 0. The molecule has 2 aromatic carbocycles. The van der Waals surface area contributed by atoms with Crippen LogP contribution in [0.15, 0.2) is 47.8 Å². The molecule has 1 amide bonds. The highest BCUT2D eigenvalue weighted by Crippen LogP contribution is 2.29. The molecule has 0 fully saturated rings. The van der Waals surface area contributed by atoms with Gasteiger partial charge in [-0.1, -0.05) is 17.7 Å². The van der Waals surface area contributed by atoms with Crippen molar-refractivity contribution in [2.75, 3.05) is 0 Å². The molecule has 21 heavy (non-hydrogen) atoms. The van der Waals surface area contributed by atoms with E-state index in [1.165, 1.54) is 4.70 Å². The molecule has 5 heteroatoms. The zero-order valence-corrected chi connectivity index (χ0v) is 12.6. The third kappa shape index (κ3) is 3.01. The van der Waals surface area contributed by atoms with Gasteiger partial charge in [0.25, 0.3) is 0 Å². The summed E-state index contributed by atoms with van der Waals surface area (Å²) in [5.41, 5.74) is 6.76. The molecule has 0 aliphatic carbocycles. The summed E-state index contributed by atoms with van der Waals surface area (Å²) in [6.45, 7) is 0.419. The lowest BCUT2D eigenvalue weighted by Crippen LogP contribution is -2.10. The number of ether oxygens (including phenoxy) is 1. The Morgan fingerprint density at radius 2 is 2.10 bits per heavy atom. The van der Waals surface area contributed by atoms with Crippen LogP contribution in [0.3, 0.4) is 0 Å². The van der Waals surface area contributed by atoms with E-state index in [2.05, 4.69) is 5.38 Å². The fourth-order valence-corrected chi connectivity index (χ4v) is 3.17. The van der Waals surface area contributed by atoms with Crippen LogP contribution in [0.25, 0.3) is 10.1 Å². The highest BCUT2D eigenvalue weighted by Gasteiger charge is 2.07. The molecule has 0 bridgehead atoms. The lowest BCUT2D eigenvalue weighted by molar-refractivity contribution is 0.1000. The van der Waals surface area contributed by atoms with E-state index in [-0.39, 0.29) is 0 Å². The molecular weight excluding hydrogens is 306 g/mol. The number of benzene rings is 2. The molecule has 3 aromatic rings. The Balaban J connectivity index is 1.82. The molecule has 0 radical (unpaired) electrons. The molecule has 0 atom stereocenters. The van der Waals surface area contributed by atoms with Gasteiger partial charge < -0.3 is 10.5 Å². The third-order valence-corrected chi connectivity index (χ3v) is 4.38. The summed E-state index contributed by atoms with van der Waals surface area (Å²) in [7, 11) is 0. The van der Waals surface area contributed by atoms with Crippen molar-refractivity contribution in [3.05, 3.63) is 64.0 Å². The van der Waals surface area contributed by atoms with Crippen LogP contribution in [0.5, 0.6) is 5.75 Å². The summed E-state index contributed by atoms with van der Waals surface area (Å²) in [6, 6.07) is 12.7. The minimum Gasteiger partial charge on any atom is -0.489 e. The van der Waals surface area contributed by atoms with E-state index < -0.39 is 5.91 Å². The molecule has 0 saturated heterocycles. The number of fused-ring (bicyclic) bond motifs is 1. The predicted molar refractivity (Wildman–Crippen MR) is 86.1 cm³/mol. The van der Waals surface area contributed by atoms with Crippen LogP contribution in [-0.2, 0) is 6.61 Å². The van der Waals surface area contributed by atoms with Crippen molar-refractivity contribution < 1.29 is 9.53 Å². The zero-order chi connectivity index (χ0) is 14.8.